The smallest absolute Gasteiger partial charge is 0.335 e. The molecule has 4 aliphatic heterocycles. The first-order valence-corrected chi connectivity index (χ1v) is 19.0. The lowest BCUT2D eigenvalue weighted by Crippen LogP contribution is -2.70. The first-order valence-electron chi connectivity index (χ1n) is 19.0. The molecule has 0 radical (unpaired) electrons. The predicted octanol–water partition coefficient (Wildman–Crippen LogP) is -7.07. The summed E-state index contributed by atoms with van der Waals surface area (Å²) in [4.78, 5) is 61.8. The van der Waals surface area contributed by atoms with Crippen molar-refractivity contribution in [2.24, 2.45) is 11.7 Å². The average molecular weight is 857 g/mol. The lowest BCUT2D eigenvalue weighted by atomic mass is 9.90. The number of aliphatic hydroxyl groups is 7. The Balaban J connectivity index is 1.67. The fourth-order valence-electron chi connectivity index (χ4n) is 7.44. The van der Waals surface area contributed by atoms with Gasteiger partial charge >= 0.3 is 11.9 Å². The van der Waals surface area contributed by atoms with Crippen LogP contribution >= 0.6 is 0 Å². The molecule has 0 aromatic rings. The van der Waals surface area contributed by atoms with E-state index in [1.165, 1.54) is 13.8 Å². The summed E-state index contributed by atoms with van der Waals surface area (Å²) in [5, 5.41) is 104. The number of rotatable bonds is 16. The minimum Gasteiger partial charge on any atom is -0.479 e. The lowest BCUT2D eigenvalue weighted by molar-refractivity contribution is -0.364. The lowest BCUT2D eigenvalue weighted by Gasteiger charge is -2.50. The minimum absolute atomic E-state index is 0.100. The zero-order valence-electron chi connectivity index (χ0n) is 32.6. The first kappa shape index (κ1) is 48.4. The van der Waals surface area contributed by atoms with E-state index in [0.29, 0.717) is 0 Å². The number of carbonyl (C=O) groups excluding carboxylic acids is 3. The third-order valence-electron chi connectivity index (χ3n) is 10.5. The second-order valence-corrected chi connectivity index (χ2v) is 14.9. The Labute approximate surface area is 336 Å². The zero-order valence-corrected chi connectivity index (χ0v) is 32.6. The highest BCUT2D eigenvalue weighted by molar-refractivity contribution is 5.76. The molecule has 10 unspecified atom stereocenters. The van der Waals surface area contributed by atoms with Crippen LogP contribution in [0.4, 0.5) is 0 Å². The zero-order chi connectivity index (χ0) is 44.0. The van der Waals surface area contributed by atoms with E-state index in [0.717, 1.165) is 13.8 Å². The number of hydrogen-bond donors (Lipinski definition) is 13. The van der Waals surface area contributed by atoms with Gasteiger partial charge in [-0.3, -0.25) is 14.4 Å². The number of nitrogens with one attached hydrogen (secondary N) is 3. The molecule has 0 aromatic heterocycles. The number of aliphatic hydroxyl groups excluding tert-OH is 7. The number of carbonyl (C=O) groups is 5. The Kier molecular flexibility index (Phi) is 17.2. The molecule has 59 heavy (non-hydrogen) atoms. The van der Waals surface area contributed by atoms with Crippen LogP contribution in [0.1, 0.15) is 40.5 Å². The predicted molar refractivity (Wildman–Crippen MR) is 189 cm³/mol. The van der Waals surface area contributed by atoms with Crippen molar-refractivity contribution in [2.75, 3.05) is 19.7 Å². The summed E-state index contributed by atoms with van der Waals surface area (Å²) in [5.74, 6) is -6.42. The largest absolute Gasteiger partial charge is 0.479 e. The number of ether oxygens (including phenoxy) is 7. The van der Waals surface area contributed by atoms with Gasteiger partial charge in [-0.15, -0.1) is 0 Å². The van der Waals surface area contributed by atoms with Crippen molar-refractivity contribution >= 4 is 29.7 Å². The normalized spacial score (nSPS) is 42.6. The number of carboxylic acid groups (broad SMARTS) is 2. The summed E-state index contributed by atoms with van der Waals surface area (Å²) in [7, 11) is 0. The molecule has 0 spiro atoms. The first-order chi connectivity index (χ1) is 27.7. The van der Waals surface area contributed by atoms with Crippen LogP contribution < -0.4 is 21.7 Å². The second-order valence-electron chi connectivity index (χ2n) is 14.9. The standard InChI is InChI=1S/C34H56N4O21/c1-10-19(43)23(47)33(55-25(10)30(49)50)57-27-18(38-13(4)41)32(54-14(20(27)44)5-6-16(42)36-8-7-35)58-28-22(46)24(48)34(59-29(28)31(51)52)56-26-17(37-12(3)40)11(2)53-15(9-39)21(26)45/h10-11,14-15,17-29,32-34,39,43-48H,5-9,35H2,1-4H3,(H,36,42)(H,37,40)(H,38,41)(H,49,50)(H,51,52)/t10?,11?,14?,15?,17?,18?,19-,20+,21+,22+,23?,24?,25?,26+,27+,28-,29?,32-,33-,34+/m0/s1. The fourth-order valence-corrected chi connectivity index (χ4v) is 7.44. The molecule has 4 fully saturated rings. The highest BCUT2D eigenvalue weighted by atomic mass is 16.8. The molecule has 4 rings (SSSR count). The molecular formula is C34H56N4O21. The molecule has 25 nitrogen and oxygen atoms in total. The van der Waals surface area contributed by atoms with Crippen molar-refractivity contribution < 1.29 is 103 Å². The van der Waals surface area contributed by atoms with Crippen molar-refractivity contribution in [1.82, 2.24) is 16.0 Å². The highest BCUT2D eigenvalue weighted by Crippen LogP contribution is 2.36. The Morgan fingerprint density at radius 2 is 1.14 bits per heavy atom. The van der Waals surface area contributed by atoms with Gasteiger partial charge in [0.25, 0.3) is 0 Å². The van der Waals surface area contributed by atoms with Crippen molar-refractivity contribution in [1.29, 1.82) is 0 Å². The van der Waals surface area contributed by atoms with Gasteiger partial charge in [-0.1, -0.05) is 6.92 Å². The van der Waals surface area contributed by atoms with Crippen molar-refractivity contribution in [3.05, 3.63) is 0 Å². The maximum atomic E-state index is 12.7. The summed E-state index contributed by atoms with van der Waals surface area (Å²) in [5.41, 5.74) is 5.45. The summed E-state index contributed by atoms with van der Waals surface area (Å²) < 4.78 is 40.2. The van der Waals surface area contributed by atoms with Gasteiger partial charge in [0.15, 0.2) is 31.1 Å². The van der Waals surface area contributed by atoms with Gasteiger partial charge in [0.05, 0.1) is 31.0 Å². The highest BCUT2D eigenvalue weighted by Gasteiger charge is 2.57. The van der Waals surface area contributed by atoms with Crippen LogP contribution in [0.3, 0.4) is 0 Å². The number of amides is 3. The van der Waals surface area contributed by atoms with Gasteiger partial charge in [0.2, 0.25) is 17.7 Å². The van der Waals surface area contributed by atoms with Crippen molar-refractivity contribution in [3.8, 4) is 0 Å². The molecule has 4 heterocycles. The quantitative estimate of drug-likeness (QED) is 0.0686. The summed E-state index contributed by atoms with van der Waals surface area (Å²) in [6, 6.07) is -2.86. The van der Waals surface area contributed by atoms with Gasteiger partial charge in [-0.25, -0.2) is 9.59 Å². The van der Waals surface area contributed by atoms with Gasteiger partial charge in [0.1, 0.15) is 61.0 Å². The van der Waals surface area contributed by atoms with E-state index in [1.54, 1.807) is 0 Å². The van der Waals surface area contributed by atoms with Crippen LogP contribution in [0.15, 0.2) is 0 Å². The number of nitrogens with two attached hydrogens (primary N) is 1. The van der Waals surface area contributed by atoms with E-state index in [1.807, 2.05) is 0 Å². The second kappa shape index (κ2) is 21.0. The summed E-state index contributed by atoms with van der Waals surface area (Å²) >= 11 is 0. The third kappa shape index (κ3) is 11.4. The number of carboxylic acids is 2. The molecule has 338 valence electrons. The van der Waals surface area contributed by atoms with Gasteiger partial charge in [-0.2, -0.15) is 0 Å². The van der Waals surface area contributed by atoms with Crippen LogP contribution in [0.25, 0.3) is 0 Å². The van der Waals surface area contributed by atoms with E-state index in [9.17, 15) is 69.9 Å². The summed E-state index contributed by atoms with van der Waals surface area (Å²) in [6.45, 7) is 4.46. The molecule has 0 aromatic carbocycles. The van der Waals surface area contributed by atoms with Crippen LogP contribution in [0.5, 0.6) is 0 Å². The monoisotopic (exact) mass is 856 g/mol. The Bertz CT molecular complexity index is 1460. The van der Waals surface area contributed by atoms with Crippen molar-refractivity contribution in [2.45, 2.75) is 157 Å². The van der Waals surface area contributed by atoms with Crippen LogP contribution in [-0.4, -0.2) is 212 Å². The van der Waals surface area contributed by atoms with Crippen LogP contribution in [0, 0.1) is 5.92 Å². The van der Waals surface area contributed by atoms with E-state index >= 15 is 0 Å². The molecule has 0 bridgehead atoms. The minimum atomic E-state index is -2.23. The fraction of sp³-hybridized carbons (Fsp3) is 0.853. The molecular weight excluding hydrogens is 800 g/mol. The molecule has 0 aliphatic carbocycles. The molecule has 25 heteroatoms. The SMILES string of the molecule is CC(=O)NC1C(C)OC(CO)[C@@H](O)[C@@H]1O[C@@H]1OC(C(=O)O)[C@@H](O[C@@H]2OC(CCC(=O)NCCN)[C@@H](O)[C@H](O[C@@H]3OC(C(=O)O)C(C)[C@H](O)C3O)C2NC(C)=O)[C@H](O)C1O. The maximum Gasteiger partial charge on any atom is 0.335 e. The third-order valence-corrected chi connectivity index (χ3v) is 10.5. The molecule has 14 N–H and O–H groups in total. The average Bonchev–Trinajstić information content (AvgIpc) is 3.17. The van der Waals surface area contributed by atoms with Crippen molar-refractivity contribution in [3.63, 3.8) is 0 Å². The van der Waals surface area contributed by atoms with Gasteiger partial charge in [-0.05, 0) is 13.3 Å². The Morgan fingerprint density at radius 3 is 1.68 bits per heavy atom. The molecule has 4 saturated heterocycles. The van der Waals surface area contributed by atoms with E-state index < -0.39 is 159 Å². The molecule has 0 saturated carbocycles. The Morgan fingerprint density at radius 1 is 0.627 bits per heavy atom. The number of aliphatic carboxylic acids is 2. The Hall–Kier alpha value is -3.25. The van der Waals surface area contributed by atoms with Gasteiger partial charge in [0, 0.05) is 39.3 Å². The molecule has 20 atom stereocenters. The van der Waals surface area contributed by atoms with Crippen LogP contribution in [-0.2, 0) is 57.1 Å². The van der Waals surface area contributed by atoms with E-state index in [-0.39, 0.29) is 25.9 Å². The van der Waals surface area contributed by atoms with Gasteiger partial charge < -0.3 is 101 Å². The topological polar surface area (TPSA) is 394 Å². The van der Waals surface area contributed by atoms with Crippen LogP contribution in [0.2, 0.25) is 0 Å². The number of hydrogen-bond acceptors (Lipinski definition) is 20. The van der Waals surface area contributed by atoms with E-state index in [4.69, 9.17) is 38.9 Å². The summed E-state index contributed by atoms with van der Waals surface area (Å²) in [6.07, 6.45) is -31.2. The maximum absolute atomic E-state index is 12.7. The molecule has 4 aliphatic rings. The molecule has 3 amide bonds. The van der Waals surface area contributed by atoms with E-state index in [2.05, 4.69) is 16.0 Å².